The van der Waals surface area contributed by atoms with Crippen molar-refractivity contribution in [3.8, 4) is 0 Å². The van der Waals surface area contributed by atoms with Crippen LogP contribution in [0, 0.1) is 11.3 Å². The number of aliphatic hydroxyl groups is 2. The lowest BCUT2D eigenvalue weighted by Crippen LogP contribution is -2.58. The van der Waals surface area contributed by atoms with Gasteiger partial charge in [-0.1, -0.05) is 27.7 Å². The molecule has 0 saturated heterocycles. The second-order valence-corrected chi connectivity index (χ2v) is 5.65. The molecule has 20 heavy (non-hydrogen) atoms. The smallest absolute Gasteiger partial charge is 0.381 e. The van der Waals surface area contributed by atoms with Gasteiger partial charge in [-0.05, 0) is 19.8 Å². The van der Waals surface area contributed by atoms with Crippen LogP contribution in [0.15, 0.2) is 0 Å². The molecule has 6 heteroatoms. The molecule has 1 atom stereocenters. The number of hydrogen-bond donors (Lipinski definition) is 2. The summed E-state index contributed by atoms with van der Waals surface area (Å²) in [6.07, 6.45) is -1.01. The van der Waals surface area contributed by atoms with Gasteiger partial charge in [-0.2, -0.15) is 0 Å². The summed E-state index contributed by atoms with van der Waals surface area (Å²) in [7, 11) is 0. The van der Waals surface area contributed by atoms with Crippen LogP contribution in [-0.2, 0) is 19.1 Å². The van der Waals surface area contributed by atoms with Gasteiger partial charge in [-0.25, -0.2) is 0 Å². The van der Waals surface area contributed by atoms with Crippen molar-refractivity contribution >= 4 is 11.9 Å². The molecule has 0 aromatic carbocycles. The zero-order valence-corrected chi connectivity index (χ0v) is 13.1. The Morgan fingerprint density at radius 1 is 1.05 bits per heavy atom. The summed E-state index contributed by atoms with van der Waals surface area (Å²) in [6.45, 7) is 9.55. The Balaban J connectivity index is 5.48. The maximum atomic E-state index is 11.5. The molecule has 0 aliphatic rings. The highest BCUT2D eigenvalue weighted by Crippen LogP contribution is 2.39. The molecule has 0 spiro atoms. The molecule has 0 bridgehead atoms. The van der Waals surface area contributed by atoms with E-state index in [0.717, 1.165) is 0 Å². The van der Waals surface area contributed by atoms with Crippen molar-refractivity contribution in [2.75, 3.05) is 0 Å². The Labute approximate surface area is 120 Å². The maximum Gasteiger partial charge on any atom is 0.381 e. The third kappa shape index (κ3) is 4.18. The van der Waals surface area contributed by atoms with Crippen molar-refractivity contribution in [3.63, 3.8) is 0 Å². The second-order valence-electron chi connectivity index (χ2n) is 5.65. The van der Waals surface area contributed by atoms with Crippen molar-refractivity contribution in [2.45, 2.75) is 66.5 Å². The topological polar surface area (TPSA) is 93.1 Å². The number of aliphatic hydroxyl groups excluding tert-OH is 1. The molecule has 0 radical (unpaired) electrons. The third-order valence-electron chi connectivity index (χ3n) is 3.27. The fourth-order valence-electron chi connectivity index (χ4n) is 1.76. The zero-order valence-electron chi connectivity index (χ0n) is 13.1. The van der Waals surface area contributed by atoms with E-state index in [-0.39, 0.29) is 18.8 Å². The van der Waals surface area contributed by atoms with E-state index in [2.05, 4.69) is 0 Å². The molecule has 118 valence electrons. The largest absolute Gasteiger partial charge is 0.398 e. The first-order valence-corrected chi connectivity index (χ1v) is 6.85. The summed E-state index contributed by atoms with van der Waals surface area (Å²) in [5.41, 5.74) is -1.38. The van der Waals surface area contributed by atoms with Crippen LogP contribution in [0.4, 0.5) is 0 Å². The molecule has 0 aromatic heterocycles. The van der Waals surface area contributed by atoms with Gasteiger partial charge in [0.05, 0.1) is 11.5 Å². The molecule has 0 aliphatic carbocycles. The number of hydrogen-bond acceptors (Lipinski definition) is 6. The van der Waals surface area contributed by atoms with E-state index < -0.39 is 29.4 Å². The summed E-state index contributed by atoms with van der Waals surface area (Å²) < 4.78 is 9.82. The van der Waals surface area contributed by atoms with Gasteiger partial charge in [-0.3, -0.25) is 9.59 Å². The average molecular weight is 290 g/mol. The zero-order chi connectivity index (χ0) is 16.1. The molecule has 0 rings (SSSR count). The average Bonchev–Trinajstić information content (AvgIpc) is 2.36. The summed E-state index contributed by atoms with van der Waals surface area (Å²) >= 11 is 0. The molecule has 1 unspecified atom stereocenters. The normalized spacial score (nSPS) is 14.1. The van der Waals surface area contributed by atoms with E-state index >= 15 is 0 Å². The van der Waals surface area contributed by atoms with E-state index in [0.29, 0.717) is 0 Å². The fraction of sp³-hybridized carbons (Fsp3) is 0.857. The van der Waals surface area contributed by atoms with Crippen LogP contribution >= 0.6 is 0 Å². The van der Waals surface area contributed by atoms with E-state index in [9.17, 15) is 19.8 Å². The number of ether oxygens (including phenoxy) is 2. The van der Waals surface area contributed by atoms with Crippen molar-refractivity contribution in [2.24, 2.45) is 11.3 Å². The van der Waals surface area contributed by atoms with Gasteiger partial charge in [0.15, 0.2) is 0 Å². The Kier molecular flexibility index (Phi) is 6.64. The van der Waals surface area contributed by atoms with E-state index in [1.165, 1.54) is 13.8 Å². The van der Waals surface area contributed by atoms with Gasteiger partial charge in [-0.15, -0.1) is 0 Å². The minimum absolute atomic E-state index is 0.0137. The molecule has 0 aliphatic heterocycles. The van der Waals surface area contributed by atoms with Gasteiger partial charge >= 0.3 is 17.9 Å². The summed E-state index contributed by atoms with van der Waals surface area (Å²) in [4.78, 5) is 23.0. The highest BCUT2D eigenvalue weighted by atomic mass is 16.8. The molecule has 0 fully saturated rings. The van der Waals surface area contributed by atoms with Gasteiger partial charge in [0.1, 0.15) is 0 Å². The Morgan fingerprint density at radius 2 is 1.40 bits per heavy atom. The van der Waals surface area contributed by atoms with Gasteiger partial charge in [0.2, 0.25) is 0 Å². The number of rotatable bonds is 7. The predicted octanol–water partition coefficient (Wildman–Crippen LogP) is 1.58. The summed E-state index contributed by atoms with van der Waals surface area (Å²) in [5.74, 6) is -4.17. The molecule has 0 saturated carbocycles. The first-order chi connectivity index (χ1) is 9.01. The van der Waals surface area contributed by atoms with Crippen molar-refractivity contribution in [1.29, 1.82) is 0 Å². The second kappa shape index (κ2) is 7.04. The van der Waals surface area contributed by atoms with Crippen LogP contribution in [0.25, 0.3) is 0 Å². The van der Waals surface area contributed by atoms with Crippen molar-refractivity contribution < 1.29 is 29.3 Å². The van der Waals surface area contributed by atoms with E-state index in [1.807, 2.05) is 0 Å². The molecule has 0 amide bonds. The van der Waals surface area contributed by atoms with Crippen LogP contribution in [-0.4, -0.2) is 34.2 Å². The lowest BCUT2D eigenvalue weighted by Gasteiger charge is -2.43. The first kappa shape index (κ1) is 18.9. The van der Waals surface area contributed by atoms with Crippen molar-refractivity contribution in [3.05, 3.63) is 0 Å². The SMILES string of the molecule is CCC(=O)OC(O)(OC(=O)CC)C(C)(C)C(O)C(C)C. The fourth-order valence-corrected chi connectivity index (χ4v) is 1.76. The highest BCUT2D eigenvalue weighted by molar-refractivity contribution is 5.71. The Bertz CT molecular complexity index is 330. The minimum Gasteiger partial charge on any atom is -0.398 e. The third-order valence-corrected chi connectivity index (χ3v) is 3.27. The Hall–Kier alpha value is -1.14. The molecule has 0 aromatic rings. The van der Waals surface area contributed by atoms with Crippen LogP contribution in [0.2, 0.25) is 0 Å². The van der Waals surface area contributed by atoms with E-state index in [4.69, 9.17) is 9.47 Å². The number of esters is 2. The van der Waals surface area contributed by atoms with Crippen LogP contribution in [0.1, 0.15) is 54.4 Å². The summed E-state index contributed by atoms with van der Waals surface area (Å²) in [6, 6.07) is 0. The lowest BCUT2D eigenvalue weighted by molar-refractivity contribution is -0.386. The molecular weight excluding hydrogens is 264 g/mol. The predicted molar refractivity (Wildman–Crippen MR) is 72.3 cm³/mol. The number of carbonyl (C=O) groups excluding carboxylic acids is 2. The summed E-state index contributed by atoms with van der Waals surface area (Å²) in [5, 5.41) is 20.7. The monoisotopic (exact) mass is 290 g/mol. The minimum atomic E-state index is -2.50. The standard InChI is InChI=1S/C14H26O6/c1-7-10(15)19-14(18,20-11(16)8-2)13(5,6)12(17)9(3)4/h9,12,17-18H,7-8H2,1-6H3. The van der Waals surface area contributed by atoms with Crippen LogP contribution < -0.4 is 0 Å². The molecule has 0 heterocycles. The van der Waals surface area contributed by atoms with Crippen molar-refractivity contribution in [1.82, 2.24) is 0 Å². The highest BCUT2D eigenvalue weighted by Gasteiger charge is 2.56. The molecule has 6 nitrogen and oxygen atoms in total. The quantitative estimate of drug-likeness (QED) is 0.546. The van der Waals surface area contributed by atoms with Gasteiger partial charge < -0.3 is 19.7 Å². The molecular formula is C14H26O6. The maximum absolute atomic E-state index is 11.5. The van der Waals surface area contributed by atoms with Gasteiger partial charge in [0, 0.05) is 12.8 Å². The number of carbonyl (C=O) groups is 2. The van der Waals surface area contributed by atoms with Crippen LogP contribution in [0.3, 0.4) is 0 Å². The Morgan fingerprint density at radius 3 is 1.65 bits per heavy atom. The van der Waals surface area contributed by atoms with Gasteiger partial charge in [0.25, 0.3) is 0 Å². The first-order valence-electron chi connectivity index (χ1n) is 6.85. The lowest BCUT2D eigenvalue weighted by atomic mass is 9.78. The van der Waals surface area contributed by atoms with E-state index in [1.54, 1.807) is 27.7 Å². The van der Waals surface area contributed by atoms with Crippen LogP contribution in [0.5, 0.6) is 0 Å². The molecule has 2 N–H and O–H groups in total.